The van der Waals surface area contributed by atoms with Gasteiger partial charge in [-0.05, 0) is 29.8 Å². The van der Waals surface area contributed by atoms with Gasteiger partial charge in [0, 0.05) is 38.9 Å². The number of piperazine rings is 1. The Labute approximate surface area is 157 Å². The summed E-state index contributed by atoms with van der Waals surface area (Å²) in [4.78, 5) is 32.3. The van der Waals surface area contributed by atoms with Gasteiger partial charge in [0.25, 0.3) is 0 Å². The van der Waals surface area contributed by atoms with Crippen LogP contribution in [0, 0.1) is 5.82 Å². The number of amides is 3. The quantitative estimate of drug-likeness (QED) is 0.832. The van der Waals surface area contributed by atoms with Crippen LogP contribution < -0.4 is 15.5 Å². The minimum atomic E-state index is -0.431. The highest BCUT2D eigenvalue weighted by Crippen LogP contribution is 2.12. The van der Waals surface area contributed by atoms with Crippen LogP contribution in [0.3, 0.4) is 0 Å². The number of carbonyl (C=O) groups excluding carboxylic acids is 2. The van der Waals surface area contributed by atoms with Gasteiger partial charge in [-0.3, -0.25) is 4.79 Å². The van der Waals surface area contributed by atoms with Gasteiger partial charge in [0.2, 0.25) is 5.91 Å². The molecule has 0 unspecified atom stereocenters. The number of hydrogen-bond donors (Lipinski definition) is 2. The predicted molar refractivity (Wildman–Crippen MR) is 99.7 cm³/mol. The Morgan fingerprint density at radius 2 is 1.74 bits per heavy atom. The summed E-state index contributed by atoms with van der Waals surface area (Å²) in [5, 5.41) is 5.21. The Morgan fingerprint density at radius 3 is 2.41 bits per heavy atom. The van der Waals surface area contributed by atoms with E-state index in [-0.39, 0.29) is 24.8 Å². The van der Waals surface area contributed by atoms with Gasteiger partial charge in [0.15, 0.2) is 0 Å². The molecule has 0 radical (unpaired) electrons. The molecule has 7 nitrogen and oxygen atoms in total. The summed E-state index contributed by atoms with van der Waals surface area (Å²) in [5.74, 6) is 0.465. The molecule has 3 amide bonds. The topological polar surface area (TPSA) is 77.6 Å². The van der Waals surface area contributed by atoms with Crippen molar-refractivity contribution >= 4 is 17.8 Å². The first-order valence-electron chi connectivity index (χ1n) is 8.82. The second-order valence-electron chi connectivity index (χ2n) is 6.22. The molecule has 27 heavy (non-hydrogen) atoms. The first kappa shape index (κ1) is 18.6. The summed E-state index contributed by atoms with van der Waals surface area (Å²) in [5.41, 5.74) is 0.781. The number of hydrogen-bond acceptors (Lipinski definition) is 4. The van der Waals surface area contributed by atoms with E-state index in [0.717, 1.165) is 11.4 Å². The molecule has 2 N–H and O–H groups in total. The molecule has 1 saturated heterocycles. The number of pyridine rings is 1. The fraction of sp³-hybridized carbons (Fsp3) is 0.316. The highest BCUT2D eigenvalue weighted by atomic mass is 19.1. The van der Waals surface area contributed by atoms with Gasteiger partial charge in [-0.1, -0.05) is 18.2 Å². The van der Waals surface area contributed by atoms with Crippen molar-refractivity contribution in [1.82, 2.24) is 20.5 Å². The molecule has 1 aliphatic rings. The lowest BCUT2D eigenvalue weighted by molar-refractivity contribution is -0.130. The van der Waals surface area contributed by atoms with Crippen LogP contribution in [0.25, 0.3) is 0 Å². The van der Waals surface area contributed by atoms with Crippen LogP contribution in [0.1, 0.15) is 5.56 Å². The molecular weight excluding hydrogens is 349 g/mol. The van der Waals surface area contributed by atoms with Crippen molar-refractivity contribution < 1.29 is 14.0 Å². The first-order valence-corrected chi connectivity index (χ1v) is 8.82. The van der Waals surface area contributed by atoms with Crippen molar-refractivity contribution in [2.45, 2.75) is 6.54 Å². The number of nitrogens with one attached hydrogen (secondary N) is 2. The number of carbonyl (C=O) groups is 2. The predicted octanol–water partition coefficient (Wildman–Crippen LogP) is 1.37. The number of nitrogens with zero attached hydrogens (tertiary/aromatic N) is 3. The van der Waals surface area contributed by atoms with Crippen molar-refractivity contribution in [3.05, 3.63) is 60.0 Å². The number of rotatable bonds is 5. The normalized spacial score (nSPS) is 14.0. The Balaban J connectivity index is 1.37. The summed E-state index contributed by atoms with van der Waals surface area (Å²) in [6, 6.07) is 11.2. The van der Waals surface area contributed by atoms with E-state index in [1.807, 2.05) is 18.2 Å². The minimum absolute atomic E-state index is 0.0567. The Bertz CT molecular complexity index is 761. The molecule has 0 atom stereocenters. The Morgan fingerprint density at radius 1 is 1.00 bits per heavy atom. The average molecular weight is 371 g/mol. The molecule has 1 fully saturated rings. The van der Waals surface area contributed by atoms with E-state index in [4.69, 9.17) is 0 Å². The fourth-order valence-corrected chi connectivity index (χ4v) is 2.84. The molecular formula is C19H22FN5O2. The molecule has 0 bridgehead atoms. The fourth-order valence-electron chi connectivity index (χ4n) is 2.84. The summed E-state index contributed by atoms with van der Waals surface area (Å²) in [6.07, 6.45) is 1.75. The van der Waals surface area contributed by atoms with Crippen molar-refractivity contribution in [2.24, 2.45) is 0 Å². The van der Waals surface area contributed by atoms with Gasteiger partial charge in [0.1, 0.15) is 11.6 Å². The number of urea groups is 1. The zero-order chi connectivity index (χ0) is 19.1. The van der Waals surface area contributed by atoms with E-state index < -0.39 is 6.03 Å². The smallest absolute Gasteiger partial charge is 0.315 e. The Hall–Kier alpha value is -3.16. The van der Waals surface area contributed by atoms with Gasteiger partial charge in [-0.25, -0.2) is 14.2 Å². The van der Waals surface area contributed by atoms with E-state index in [1.54, 1.807) is 23.2 Å². The van der Waals surface area contributed by atoms with Gasteiger partial charge in [-0.2, -0.15) is 0 Å². The van der Waals surface area contributed by atoms with Crippen molar-refractivity contribution in [3.8, 4) is 0 Å². The SMILES string of the molecule is O=C(NCC(=O)N1CCN(c2ccccn2)CC1)NCc1ccc(F)cc1. The minimum Gasteiger partial charge on any atom is -0.353 e. The second kappa shape index (κ2) is 8.98. The van der Waals surface area contributed by atoms with Crippen LogP contribution in [0.2, 0.25) is 0 Å². The molecule has 0 spiro atoms. The molecule has 1 aromatic heterocycles. The lowest BCUT2D eigenvalue weighted by atomic mass is 10.2. The molecule has 1 aliphatic heterocycles. The van der Waals surface area contributed by atoms with Gasteiger partial charge >= 0.3 is 6.03 Å². The lowest BCUT2D eigenvalue weighted by Gasteiger charge is -2.35. The van der Waals surface area contributed by atoms with Crippen molar-refractivity contribution in [1.29, 1.82) is 0 Å². The van der Waals surface area contributed by atoms with E-state index in [0.29, 0.717) is 26.2 Å². The van der Waals surface area contributed by atoms with E-state index in [2.05, 4.69) is 20.5 Å². The third-order valence-electron chi connectivity index (χ3n) is 4.37. The molecule has 142 valence electrons. The third kappa shape index (κ3) is 5.40. The maximum Gasteiger partial charge on any atom is 0.315 e. The zero-order valence-electron chi connectivity index (χ0n) is 14.9. The maximum absolute atomic E-state index is 12.8. The van der Waals surface area contributed by atoms with Crippen LogP contribution >= 0.6 is 0 Å². The molecule has 0 saturated carbocycles. The van der Waals surface area contributed by atoms with Crippen molar-refractivity contribution in [3.63, 3.8) is 0 Å². The number of benzene rings is 1. The monoisotopic (exact) mass is 371 g/mol. The van der Waals surface area contributed by atoms with Gasteiger partial charge < -0.3 is 20.4 Å². The van der Waals surface area contributed by atoms with E-state index in [9.17, 15) is 14.0 Å². The van der Waals surface area contributed by atoms with Crippen LogP contribution in [0.5, 0.6) is 0 Å². The van der Waals surface area contributed by atoms with Crippen molar-refractivity contribution in [2.75, 3.05) is 37.6 Å². The largest absolute Gasteiger partial charge is 0.353 e. The van der Waals surface area contributed by atoms with Gasteiger partial charge in [0.05, 0.1) is 6.54 Å². The standard InChI is InChI=1S/C19H22FN5O2/c20-16-6-4-15(5-7-16)13-22-19(27)23-14-18(26)25-11-9-24(10-12-25)17-3-1-2-8-21-17/h1-8H,9-14H2,(H2,22,23,27). The van der Waals surface area contributed by atoms with Crippen LogP contribution in [0.15, 0.2) is 48.7 Å². The molecule has 2 heterocycles. The first-order chi connectivity index (χ1) is 13.1. The number of aromatic nitrogens is 1. The van der Waals surface area contributed by atoms with Crippen LogP contribution in [-0.2, 0) is 11.3 Å². The molecule has 1 aromatic carbocycles. The molecule has 8 heteroatoms. The van der Waals surface area contributed by atoms with E-state index >= 15 is 0 Å². The summed E-state index contributed by atoms with van der Waals surface area (Å²) in [7, 11) is 0. The lowest BCUT2D eigenvalue weighted by Crippen LogP contribution is -2.52. The number of halogens is 1. The van der Waals surface area contributed by atoms with Crippen LogP contribution in [0.4, 0.5) is 15.0 Å². The Kier molecular flexibility index (Phi) is 6.19. The van der Waals surface area contributed by atoms with Crippen LogP contribution in [-0.4, -0.2) is 54.5 Å². The molecule has 0 aliphatic carbocycles. The van der Waals surface area contributed by atoms with E-state index in [1.165, 1.54) is 12.1 Å². The third-order valence-corrected chi connectivity index (χ3v) is 4.37. The summed E-state index contributed by atoms with van der Waals surface area (Å²) < 4.78 is 12.8. The zero-order valence-corrected chi connectivity index (χ0v) is 14.9. The summed E-state index contributed by atoms with van der Waals surface area (Å²) in [6.45, 7) is 2.81. The highest BCUT2D eigenvalue weighted by Gasteiger charge is 2.21. The van der Waals surface area contributed by atoms with Gasteiger partial charge in [-0.15, -0.1) is 0 Å². The number of anilines is 1. The molecule has 2 aromatic rings. The highest BCUT2D eigenvalue weighted by molar-refractivity contribution is 5.84. The second-order valence-corrected chi connectivity index (χ2v) is 6.22. The average Bonchev–Trinajstić information content (AvgIpc) is 2.72. The maximum atomic E-state index is 12.8. The summed E-state index contributed by atoms with van der Waals surface area (Å²) >= 11 is 0. The molecule has 3 rings (SSSR count).